The third-order valence-corrected chi connectivity index (χ3v) is 3.66. The minimum Gasteiger partial charge on any atom is -0.435 e. The molecular weight excluding hydrogens is 254 g/mol. The van der Waals surface area contributed by atoms with E-state index in [4.69, 9.17) is 4.74 Å². The third kappa shape index (κ3) is 2.43. The van der Waals surface area contributed by atoms with Crippen molar-refractivity contribution >= 4 is 5.97 Å². The monoisotopic (exact) mass is 271 g/mol. The van der Waals surface area contributed by atoms with Gasteiger partial charge in [-0.2, -0.15) is 5.10 Å². The van der Waals surface area contributed by atoms with Crippen LogP contribution < -0.4 is 0 Å². The molecule has 1 aromatic heterocycles. The zero-order chi connectivity index (χ0) is 13.9. The highest BCUT2D eigenvalue weighted by Crippen LogP contribution is 2.36. The van der Waals surface area contributed by atoms with E-state index in [1.807, 2.05) is 30.3 Å². The summed E-state index contributed by atoms with van der Waals surface area (Å²) in [7, 11) is 0. The van der Waals surface area contributed by atoms with E-state index in [1.165, 1.54) is 19.7 Å². The van der Waals surface area contributed by atoms with Crippen molar-refractivity contribution in [2.45, 2.75) is 38.3 Å². The summed E-state index contributed by atoms with van der Waals surface area (Å²) in [5.74, 6) is 1.01. The maximum atomic E-state index is 11.4. The molecule has 1 aromatic carbocycles. The molecule has 1 aliphatic rings. The van der Waals surface area contributed by atoms with Crippen molar-refractivity contribution in [1.82, 2.24) is 14.8 Å². The summed E-state index contributed by atoms with van der Waals surface area (Å²) in [6.45, 7) is 1.41. The molecule has 20 heavy (non-hydrogen) atoms. The van der Waals surface area contributed by atoms with Crippen molar-refractivity contribution in [1.29, 1.82) is 0 Å². The van der Waals surface area contributed by atoms with Gasteiger partial charge >= 0.3 is 5.97 Å². The lowest BCUT2D eigenvalue weighted by Gasteiger charge is -2.27. The molecule has 1 saturated carbocycles. The number of hydrogen-bond acceptors (Lipinski definition) is 4. The summed E-state index contributed by atoms with van der Waals surface area (Å²) in [5.41, 5.74) is 0.897. The molecule has 0 amide bonds. The lowest BCUT2D eigenvalue weighted by atomic mass is 9.85. The van der Waals surface area contributed by atoms with Gasteiger partial charge in [-0.25, -0.2) is 9.67 Å². The maximum Gasteiger partial charge on any atom is 0.304 e. The van der Waals surface area contributed by atoms with E-state index >= 15 is 0 Å². The van der Waals surface area contributed by atoms with Crippen LogP contribution in [0.25, 0.3) is 0 Å². The molecule has 1 unspecified atom stereocenters. The number of benzene rings is 1. The third-order valence-electron chi connectivity index (χ3n) is 3.66. The van der Waals surface area contributed by atoms with Gasteiger partial charge in [0.25, 0.3) is 0 Å². The van der Waals surface area contributed by atoms with Crippen molar-refractivity contribution in [3.05, 3.63) is 48.0 Å². The summed E-state index contributed by atoms with van der Waals surface area (Å²) < 4.78 is 7.20. The first-order valence-corrected chi connectivity index (χ1v) is 6.87. The van der Waals surface area contributed by atoms with Crippen LogP contribution in [0.5, 0.6) is 0 Å². The first-order valence-electron chi connectivity index (χ1n) is 6.87. The molecular formula is C15H17N3O2. The highest BCUT2D eigenvalue weighted by molar-refractivity contribution is 5.66. The first kappa shape index (κ1) is 12.8. The lowest BCUT2D eigenvalue weighted by molar-refractivity contribution is -0.149. The van der Waals surface area contributed by atoms with E-state index < -0.39 is 6.23 Å². The van der Waals surface area contributed by atoms with E-state index in [0.29, 0.717) is 5.92 Å². The van der Waals surface area contributed by atoms with Crippen molar-refractivity contribution in [3.63, 3.8) is 0 Å². The van der Waals surface area contributed by atoms with Crippen LogP contribution in [-0.4, -0.2) is 20.7 Å². The van der Waals surface area contributed by atoms with E-state index in [9.17, 15) is 4.79 Å². The molecule has 0 spiro atoms. The molecule has 1 heterocycles. The van der Waals surface area contributed by atoms with E-state index in [1.54, 1.807) is 4.68 Å². The molecule has 1 atom stereocenters. The summed E-state index contributed by atoms with van der Waals surface area (Å²) >= 11 is 0. The Bertz CT molecular complexity index is 590. The zero-order valence-corrected chi connectivity index (χ0v) is 11.4. The number of carbonyl (C=O) groups is 1. The second-order valence-electron chi connectivity index (χ2n) is 5.06. The smallest absolute Gasteiger partial charge is 0.304 e. The maximum absolute atomic E-state index is 11.4. The van der Waals surface area contributed by atoms with Gasteiger partial charge in [-0.1, -0.05) is 36.8 Å². The SMILES string of the molecule is CC(=O)OC(c1ccccc1)n1ncnc1C1CCC1. The minimum atomic E-state index is -0.535. The molecule has 0 bridgehead atoms. The van der Waals surface area contributed by atoms with Gasteiger partial charge in [0.1, 0.15) is 12.2 Å². The van der Waals surface area contributed by atoms with Crippen LogP contribution in [0.3, 0.4) is 0 Å². The predicted molar refractivity (Wildman–Crippen MR) is 73.0 cm³/mol. The van der Waals surface area contributed by atoms with Gasteiger partial charge < -0.3 is 4.74 Å². The fourth-order valence-electron chi connectivity index (χ4n) is 2.43. The van der Waals surface area contributed by atoms with Crippen molar-refractivity contribution in [3.8, 4) is 0 Å². The number of hydrogen-bond donors (Lipinski definition) is 0. The van der Waals surface area contributed by atoms with Gasteiger partial charge in [0.2, 0.25) is 6.23 Å². The quantitative estimate of drug-likeness (QED) is 0.802. The fourth-order valence-corrected chi connectivity index (χ4v) is 2.43. The average molecular weight is 271 g/mol. The second kappa shape index (κ2) is 5.45. The highest BCUT2D eigenvalue weighted by Gasteiger charge is 2.29. The van der Waals surface area contributed by atoms with E-state index in [-0.39, 0.29) is 5.97 Å². The average Bonchev–Trinajstić information content (AvgIpc) is 2.83. The molecule has 0 N–H and O–H groups in total. The summed E-state index contributed by atoms with van der Waals surface area (Å²) in [4.78, 5) is 15.8. The molecule has 0 aliphatic heterocycles. The lowest BCUT2D eigenvalue weighted by Crippen LogP contribution is -2.24. The Hall–Kier alpha value is -2.17. The predicted octanol–water partition coefficient (Wildman–Crippen LogP) is 2.66. The normalized spacial score (nSPS) is 16.4. The molecule has 104 valence electrons. The summed E-state index contributed by atoms with van der Waals surface area (Å²) in [5, 5.41) is 4.28. The number of ether oxygens (including phenoxy) is 1. The topological polar surface area (TPSA) is 57.0 Å². The van der Waals surface area contributed by atoms with Gasteiger partial charge in [0.05, 0.1) is 0 Å². The Morgan fingerprint density at radius 1 is 1.35 bits per heavy atom. The molecule has 1 aliphatic carbocycles. The van der Waals surface area contributed by atoms with Gasteiger partial charge in [-0.15, -0.1) is 0 Å². The molecule has 3 rings (SSSR count). The van der Waals surface area contributed by atoms with Crippen LogP contribution in [0.1, 0.15) is 49.7 Å². The molecule has 0 radical (unpaired) electrons. The van der Waals surface area contributed by atoms with Crippen LogP contribution >= 0.6 is 0 Å². The second-order valence-corrected chi connectivity index (χ2v) is 5.06. The standard InChI is InChI=1S/C15H17N3O2/c1-11(19)20-15(13-6-3-2-4-7-13)18-14(16-10-17-18)12-8-5-9-12/h2-4,6-7,10,12,15H,5,8-9H2,1H3. The fraction of sp³-hybridized carbons (Fsp3) is 0.400. The van der Waals surface area contributed by atoms with E-state index in [0.717, 1.165) is 24.2 Å². The summed E-state index contributed by atoms with van der Waals surface area (Å²) in [6.07, 6.45) is 4.47. The molecule has 0 saturated heterocycles. The molecule has 1 fully saturated rings. The van der Waals surface area contributed by atoms with Crippen LogP contribution in [0, 0.1) is 0 Å². The van der Waals surface area contributed by atoms with Gasteiger partial charge in [-0.3, -0.25) is 4.79 Å². The van der Waals surface area contributed by atoms with Crippen LogP contribution in [-0.2, 0) is 9.53 Å². The first-order chi connectivity index (χ1) is 9.75. The van der Waals surface area contributed by atoms with Gasteiger partial charge in [0, 0.05) is 18.4 Å². The molecule has 5 nitrogen and oxygen atoms in total. The highest BCUT2D eigenvalue weighted by atomic mass is 16.6. The van der Waals surface area contributed by atoms with Crippen LogP contribution in [0.15, 0.2) is 36.7 Å². The number of aromatic nitrogens is 3. The largest absolute Gasteiger partial charge is 0.435 e. The Morgan fingerprint density at radius 2 is 2.10 bits per heavy atom. The van der Waals surface area contributed by atoms with E-state index in [2.05, 4.69) is 10.1 Å². The van der Waals surface area contributed by atoms with Gasteiger partial charge in [0.15, 0.2) is 0 Å². The summed E-state index contributed by atoms with van der Waals surface area (Å²) in [6, 6.07) is 9.64. The van der Waals surface area contributed by atoms with Crippen LogP contribution in [0.4, 0.5) is 0 Å². The van der Waals surface area contributed by atoms with Gasteiger partial charge in [-0.05, 0) is 12.8 Å². The Balaban J connectivity index is 1.97. The number of rotatable bonds is 4. The molecule has 5 heteroatoms. The van der Waals surface area contributed by atoms with Crippen molar-refractivity contribution in [2.24, 2.45) is 0 Å². The van der Waals surface area contributed by atoms with Crippen molar-refractivity contribution in [2.75, 3.05) is 0 Å². The number of nitrogens with zero attached hydrogens (tertiary/aromatic N) is 3. The Morgan fingerprint density at radius 3 is 2.70 bits per heavy atom. The minimum absolute atomic E-state index is 0.325. The van der Waals surface area contributed by atoms with Crippen LogP contribution in [0.2, 0.25) is 0 Å². The number of esters is 1. The Kier molecular flexibility index (Phi) is 3.50. The number of carbonyl (C=O) groups excluding carboxylic acids is 1. The van der Waals surface area contributed by atoms with Crippen molar-refractivity contribution < 1.29 is 9.53 Å². The molecule has 2 aromatic rings. The zero-order valence-electron chi connectivity index (χ0n) is 11.4. The Labute approximate surface area is 117 Å².